The molecular weight excluding hydrogens is 400 g/mol. The molecule has 1 aromatic heterocycles. The molecule has 152 valence electrons. The number of fused-ring (bicyclic) bond motifs is 1. The molecule has 0 saturated heterocycles. The van der Waals surface area contributed by atoms with Crippen LogP contribution >= 0.6 is 22.9 Å². The fraction of sp³-hybridized carbons (Fsp3) is 0.421. The number of nitrogens with zero attached hydrogens (tertiary/aromatic N) is 1. The Morgan fingerprint density at radius 1 is 1.32 bits per heavy atom. The molecule has 7 nitrogen and oxygen atoms in total. The van der Waals surface area contributed by atoms with E-state index in [2.05, 4.69) is 27.8 Å². The fourth-order valence-corrected chi connectivity index (χ4v) is 4.68. The van der Waals surface area contributed by atoms with Gasteiger partial charge in [0.1, 0.15) is 11.2 Å². The average molecular weight is 425 g/mol. The van der Waals surface area contributed by atoms with Gasteiger partial charge in [-0.2, -0.15) is 0 Å². The van der Waals surface area contributed by atoms with Crippen molar-refractivity contribution in [1.29, 1.82) is 0 Å². The Bertz CT molecular complexity index is 812. The highest BCUT2D eigenvalue weighted by molar-refractivity contribution is 7.16. The van der Waals surface area contributed by atoms with Crippen molar-refractivity contribution in [2.75, 3.05) is 36.9 Å². The first-order chi connectivity index (χ1) is 13.5. The molecule has 0 spiro atoms. The van der Waals surface area contributed by atoms with E-state index in [0.717, 1.165) is 36.5 Å². The van der Waals surface area contributed by atoms with Crippen LogP contribution < -0.4 is 16.0 Å². The summed E-state index contributed by atoms with van der Waals surface area (Å²) in [5.74, 6) is 0. The number of anilines is 2. The molecule has 2 aromatic rings. The summed E-state index contributed by atoms with van der Waals surface area (Å²) in [4.78, 5) is 16.0. The monoisotopic (exact) mass is 424 g/mol. The number of hydrogen-bond acceptors (Lipinski definition) is 6. The lowest BCUT2D eigenvalue weighted by Crippen LogP contribution is -2.31. The summed E-state index contributed by atoms with van der Waals surface area (Å²) in [5, 5.41) is 29.4. The lowest BCUT2D eigenvalue weighted by Gasteiger charge is -2.26. The second kappa shape index (κ2) is 9.69. The Morgan fingerprint density at radius 3 is 2.75 bits per heavy atom. The minimum Gasteiger partial charge on any atom is -0.395 e. The van der Waals surface area contributed by atoms with Crippen molar-refractivity contribution < 1.29 is 15.0 Å². The summed E-state index contributed by atoms with van der Waals surface area (Å²) in [6.45, 7) is 4.98. The van der Waals surface area contributed by atoms with Crippen molar-refractivity contribution in [3.05, 3.63) is 45.3 Å². The maximum Gasteiger partial charge on any atom is 0.324 e. The van der Waals surface area contributed by atoms with Crippen molar-refractivity contribution in [1.82, 2.24) is 10.2 Å². The summed E-state index contributed by atoms with van der Waals surface area (Å²) in [5.41, 5.74) is 2.39. The second-order valence-electron chi connectivity index (χ2n) is 6.53. The number of carbonyl (C=O) groups excluding carboxylic acids is 1. The quantitative estimate of drug-likeness (QED) is 0.440. The zero-order chi connectivity index (χ0) is 20.1. The van der Waals surface area contributed by atoms with Crippen molar-refractivity contribution >= 4 is 39.7 Å². The Kier molecular flexibility index (Phi) is 7.28. The van der Waals surface area contributed by atoms with E-state index >= 15 is 0 Å². The minimum atomic E-state index is -0.953. The van der Waals surface area contributed by atoms with Crippen LogP contribution in [0.2, 0.25) is 5.02 Å². The molecule has 0 aliphatic carbocycles. The standard InChI is InChI=1S/C19H25ClN4O3S/c1-2-24-9-7-14-15(11-24)28-18(16(14)17(26)21-8-10-25)23-19(27)22-13-5-3-12(20)4-6-13/h3-6,17,21,25-26H,2,7-11H2,1H3,(H2,22,23,27). The molecule has 2 heterocycles. The number of aliphatic hydroxyl groups excluding tert-OH is 2. The molecule has 1 unspecified atom stereocenters. The zero-order valence-corrected chi connectivity index (χ0v) is 17.2. The van der Waals surface area contributed by atoms with Crippen molar-refractivity contribution in [2.24, 2.45) is 0 Å². The van der Waals surface area contributed by atoms with Crippen LogP contribution in [0, 0.1) is 0 Å². The molecule has 9 heteroatoms. The Morgan fingerprint density at radius 2 is 2.07 bits per heavy atom. The number of halogens is 1. The van der Waals surface area contributed by atoms with Crippen LogP contribution in [-0.2, 0) is 13.0 Å². The molecule has 0 radical (unpaired) electrons. The predicted octanol–water partition coefficient (Wildman–Crippen LogP) is 3.00. The SMILES string of the molecule is CCN1CCc2c(sc(NC(=O)Nc3ccc(Cl)cc3)c2C(O)NCCO)C1. The predicted molar refractivity (Wildman–Crippen MR) is 113 cm³/mol. The van der Waals surface area contributed by atoms with Gasteiger partial charge in [-0.3, -0.25) is 15.5 Å². The first-order valence-electron chi connectivity index (χ1n) is 9.24. The number of carbonyl (C=O) groups is 1. The van der Waals surface area contributed by atoms with E-state index in [4.69, 9.17) is 16.7 Å². The van der Waals surface area contributed by atoms with E-state index in [1.54, 1.807) is 24.3 Å². The fourth-order valence-electron chi connectivity index (χ4n) is 3.23. The molecule has 28 heavy (non-hydrogen) atoms. The Balaban J connectivity index is 1.81. The second-order valence-corrected chi connectivity index (χ2v) is 8.07. The molecule has 0 bridgehead atoms. The number of rotatable bonds is 7. The lowest BCUT2D eigenvalue weighted by atomic mass is 10.0. The zero-order valence-electron chi connectivity index (χ0n) is 15.7. The molecule has 1 aliphatic heterocycles. The van der Waals surface area contributed by atoms with Gasteiger partial charge in [-0.25, -0.2) is 4.79 Å². The molecule has 3 rings (SSSR count). The van der Waals surface area contributed by atoms with E-state index in [0.29, 0.717) is 21.3 Å². The van der Waals surface area contributed by atoms with Gasteiger partial charge in [-0.05, 0) is 42.8 Å². The number of thiophene rings is 1. The third-order valence-electron chi connectivity index (χ3n) is 4.68. The maximum atomic E-state index is 12.5. The van der Waals surface area contributed by atoms with Gasteiger partial charge in [0.2, 0.25) is 0 Å². The first-order valence-corrected chi connectivity index (χ1v) is 10.4. The van der Waals surface area contributed by atoms with Gasteiger partial charge in [-0.1, -0.05) is 18.5 Å². The first kappa shape index (κ1) is 21.0. The molecule has 2 amide bonds. The molecule has 5 N–H and O–H groups in total. The smallest absolute Gasteiger partial charge is 0.324 e. The summed E-state index contributed by atoms with van der Waals surface area (Å²) >= 11 is 7.36. The van der Waals surface area contributed by atoms with E-state index in [1.165, 1.54) is 11.3 Å². The largest absolute Gasteiger partial charge is 0.395 e. The van der Waals surface area contributed by atoms with Crippen LogP contribution in [0.5, 0.6) is 0 Å². The number of benzene rings is 1. The van der Waals surface area contributed by atoms with Gasteiger partial charge in [0, 0.05) is 40.8 Å². The van der Waals surface area contributed by atoms with Gasteiger partial charge in [-0.15, -0.1) is 11.3 Å². The van der Waals surface area contributed by atoms with Crippen LogP contribution in [0.4, 0.5) is 15.5 Å². The molecule has 1 aliphatic rings. The topological polar surface area (TPSA) is 96.9 Å². The maximum absolute atomic E-state index is 12.5. The highest BCUT2D eigenvalue weighted by atomic mass is 35.5. The third-order valence-corrected chi connectivity index (χ3v) is 6.08. The highest BCUT2D eigenvalue weighted by Crippen LogP contribution is 2.40. The number of nitrogens with one attached hydrogen (secondary N) is 3. The number of amides is 2. The molecule has 1 atom stereocenters. The number of urea groups is 1. The Hall–Kier alpha value is -1.68. The number of aliphatic hydroxyl groups is 2. The summed E-state index contributed by atoms with van der Waals surface area (Å²) in [7, 11) is 0. The van der Waals surface area contributed by atoms with Gasteiger partial charge in [0.05, 0.1) is 6.61 Å². The summed E-state index contributed by atoms with van der Waals surface area (Å²) < 4.78 is 0. The number of likely N-dealkylation sites (N-methyl/N-ethyl adjacent to an activating group) is 1. The summed E-state index contributed by atoms with van der Waals surface area (Å²) in [6, 6.07) is 6.46. The minimum absolute atomic E-state index is 0.0766. The van der Waals surface area contributed by atoms with Crippen LogP contribution in [0.3, 0.4) is 0 Å². The molecule has 1 aromatic carbocycles. The highest BCUT2D eigenvalue weighted by Gasteiger charge is 2.28. The van der Waals surface area contributed by atoms with Crippen molar-refractivity contribution in [3.63, 3.8) is 0 Å². The molecular formula is C19H25ClN4O3S. The summed E-state index contributed by atoms with van der Waals surface area (Å²) in [6.07, 6.45) is -0.140. The average Bonchev–Trinajstić information content (AvgIpc) is 3.04. The van der Waals surface area contributed by atoms with Crippen LogP contribution in [0.15, 0.2) is 24.3 Å². The lowest BCUT2D eigenvalue weighted by molar-refractivity contribution is 0.128. The number of hydrogen-bond donors (Lipinski definition) is 5. The normalized spacial score (nSPS) is 15.1. The van der Waals surface area contributed by atoms with Crippen LogP contribution in [-0.4, -0.2) is 47.4 Å². The van der Waals surface area contributed by atoms with E-state index in [9.17, 15) is 9.90 Å². The molecule has 0 saturated carbocycles. The third kappa shape index (κ3) is 5.02. The van der Waals surface area contributed by atoms with Crippen LogP contribution in [0.1, 0.15) is 29.2 Å². The van der Waals surface area contributed by atoms with Crippen molar-refractivity contribution in [3.8, 4) is 0 Å². The van der Waals surface area contributed by atoms with E-state index in [-0.39, 0.29) is 19.2 Å². The van der Waals surface area contributed by atoms with Gasteiger partial charge in [0.15, 0.2) is 0 Å². The van der Waals surface area contributed by atoms with E-state index < -0.39 is 6.23 Å². The van der Waals surface area contributed by atoms with Gasteiger partial charge >= 0.3 is 6.03 Å². The molecule has 0 fully saturated rings. The van der Waals surface area contributed by atoms with E-state index in [1.807, 2.05) is 0 Å². The van der Waals surface area contributed by atoms with Crippen molar-refractivity contribution in [2.45, 2.75) is 26.1 Å². The van der Waals surface area contributed by atoms with Crippen LogP contribution in [0.25, 0.3) is 0 Å². The Labute approximate surface area is 173 Å². The van der Waals surface area contributed by atoms with Gasteiger partial charge in [0.25, 0.3) is 0 Å². The van der Waals surface area contributed by atoms with Gasteiger partial charge < -0.3 is 15.5 Å².